The van der Waals surface area contributed by atoms with Gasteiger partial charge in [-0.15, -0.1) is 0 Å². The van der Waals surface area contributed by atoms with Gasteiger partial charge in [-0.25, -0.2) is 19.2 Å². The maximum absolute atomic E-state index is 14.3. The quantitative estimate of drug-likeness (QED) is 0.0559. The molecular weight excluding hydrogens is 1030 g/mol. The zero-order chi connectivity index (χ0) is 57.9. The highest BCUT2D eigenvalue weighted by Gasteiger charge is 2.70. The van der Waals surface area contributed by atoms with E-state index >= 15 is 0 Å². The molecule has 1 heterocycles. The zero-order valence-corrected chi connectivity index (χ0v) is 47.6. The Kier molecular flexibility index (Phi) is 17.9. The van der Waals surface area contributed by atoms with Gasteiger partial charge in [0.25, 0.3) is 0 Å². The predicted molar refractivity (Wildman–Crippen MR) is 297 cm³/mol. The number of Topliss-reactive ketones (excluding diaryl/α,β-unsaturated/α-hetero) is 2. The number of carbonyl (C=O) groups is 7. The lowest BCUT2D eigenvalue weighted by Crippen LogP contribution is -2.64. The molecule has 1 aliphatic heterocycles. The number of benzene rings is 4. The first-order valence-electron chi connectivity index (χ1n) is 28.9. The van der Waals surface area contributed by atoms with Gasteiger partial charge in [0.2, 0.25) is 0 Å². The molecule has 4 aromatic carbocycles. The Bertz CT molecular complexity index is 2890. The number of carbonyl (C=O) groups excluding carboxylic acids is 7. The summed E-state index contributed by atoms with van der Waals surface area (Å²) in [5.74, 6) is -4.37. The van der Waals surface area contributed by atoms with Crippen LogP contribution in [-0.2, 0) is 47.5 Å². The number of fused-ring (bicyclic) bond motifs is 5. The van der Waals surface area contributed by atoms with Crippen molar-refractivity contribution >= 4 is 41.4 Å². The van der Waals surface area contributed by atoms with Gasteiger partial charge in [-0.3, -0.25) is 14.4 Å². The molecule has 4 aromatic rings. The Morgan fingerprint density at radius 3 is 1.70 bits per heavy atom. The topological polar surface area (TPSA) is 204 Å². The van der Waals surface area contributed by atoms with Crippen molar-refractivity contribution in [2.24, 2.45) is 51.8 Å². The molecule has 9 rings (SSSR count). The third kappa shape index (κ3) is 12.3. The lowest BCUT2D eigenvalue weighted by Gasteiger charge is -2.62. The average molecular weight is 1110 g/mol. The average Bonchev–Trinajstić information content (AvgIpc) is 2.73. The fourth-order valence-electron chi connectivity index (χ4n) is 14.1. The van der Waals surface area contributed by atoms with Crippen LogP contribution in [0.5, 0.6) is 0 Å². The predicted octanol–water partition coefficient (Wildman–Crippen LogP) is 10.8. The van der Waals surface area contributed by atoms with E-state index in [1.165, 1.54) is 0 Å². The van der Waals surface area contributed by atoms with Crippen molar-refractivity contribution in [3.63, 3.8) is 0 Å². The number of esters is 5. The minimum Gasteiger partial charge on any atom is -0.465 e. The van der Waals surface area contributed by atoms with Gasteiger partial charge < -0.3 is 38.3 Å². The van der Waals surface area contributed by atoms with E-state index in [0.717, 1.165) is 25.7 Å². The molecule has 1 saturated heterocycles. The number of aliphatic hydroxyl groups is 1. The highest BCUT2D eigenvalue weighted by atomic mass is 16.7. The van der Waals surface area contributed by atoms with Gasteiger partial charge in [0.05, 0.1) is 46.3 Å². The van der Waals surface area contributed by atoms with Crippen molar-refractivity contribution in [2.75, 3.05) is 13.2 Å². The van der Waals surface area contributed by atoms with Crippen LogP contribution < -0.4 is 0 Å². The van der Waals surface area contributed by atoms with Gasteiger partial charge in [0.1, 0.15) is 24.1 Å². The Morgan fingerprint density at radius 1 is 0.642 bits per heavy atom. The molecule has 1 N–H and O–H groups in total. The summed E-state index contributed by atoms with van der Waals surface area (Å²) in [6.07, 6.45) is -2.08. The normalized spacial score (nSPS) is 31.4. The summed E-state index contributed by atoms with van der Waals surface area (Å²) < 4.78 is 44.1. The molecule has 4 aliphatic carbocycles. The molecule has 0 spiro atoms. The van der Waals surface area contributed by atoms with Crippen LogP contribution in [-0.4, -0.2) is 102 Å². The standard InChI is InChI=1S/C66H78O15/c1-40(38-76-62(73)63(3,4)5)28-31-51(67)41(2)66(74)53(68)37-50-48-30-29-46-36-47(32-34-64(46,6)49(48)33-35-65(50,66)7)77-61-56(81-60(72)45-26-18-11-19-27-45)55(80-59(71)44-24-16-10-17-25-44)54(79-58(70)43-22-14-9-15-23-43)52(78-61)39-75-57(69)42-20-12-8-13-21-42/h8-27,40-41,46-50,52,54-56,61,74H,28-39H2,1-7H3/t40-,41-,46+,47+,48-,49+,50+,52-,54-,55+,56-,61-,64+,65+,66-/m1/s1. The maximum Gasteiger partial charge on any atom is 0.338 e. The van der Waals surface area contributed by atoms with Crippen LogP contribution in [0.3, 0.4) is 0 Å². The zero-order valence-electron chi connectivity index (χ0n) is 47.6. The summed E-state index contributed by atoms with van der Waals surface area (Å²) in [5, 5.41) is 12.7. The number of hydrogen-bond acceptors (Lipinski definition) is 15. The van der Waals surface area contributed by atoms with E-state index in [1.54, 1.807) is 149 Å². The summed E-state index contributed by atoms with van der Waals surface area (Å²) in [6.45, 7) is 13.1. The van der Waals surface area contributed by atoms with Crippen LogP contribution in [0.2, 0.25) is 0 Å². The Hall–Kier alpha value is -6.55. The molecular formula is C66H78O15. The molecule has 15 heteroatoms. The summed E-state index contributed by atoms with van der Waals surface area (Å²) in [7, 11) is 0. The first kappa shape index (κ1) is 59.1. The van der Waals surface area contributed by atoms with E-state index in [9.17, 15) is 38.7 Å². The Balaban J connectivity index is 0.960. The van der Waals surface area contributed by atoms with Gasteiger partial charge >= 0.3 is 29.8 Å². The molecule has 81 heavy (non-hydrogen) atoms. The third-order valence-corrected chi connectivity index (χ3v) is 18.9. The lowest BCUT2D eigenvalue weighted by molar-refractivity contribution is -0.314. The SMILES string of the molecule is C[C@H](CCC(=O)[C@@H](C)[C@@]1(O)C(=O)C[C@H]2[C@@H]3CC[C@H]4C[C@@H](O[C@@H]5O[C@H](COC(=O)c6ccccc6)[C@@H](OC(=O)c6ccccc6)[C@H](OC(=O)c6ccccc6)[C@H]5OC(=O)c5ccccc5)CC[C@]4(C)[C@H]3CC[C@@]21C)COC(=O)C(C)(C)C. The van der Waals surface area contributed by atoms with Crippen LogP contribution in [0.25, 0.3) is 0 Å². The van der Waals surface area contributed by atoms with Crippen molar-refractivity contribution in [1.82, 2.24) is 0 Å². The minimum absolute atomic E-state index is 0.0791. The summed E-state index contributed by atoms with van der Waals surface area (Å²) in [4.78, 5) is 96.9. The lowest BCUT2D eigenvalue weighted by atomic mass is 9.44. The van der Waals surface area contributed by atoms with Crippen molar-refractivity contribution in [3.05, 3.63) is 144 Å². The number of ketones is 2. The van der Waals surface area contributed by atoms with Crippen LogP contribution >= 0.6 is 0 Å². The van der Waals surface area contributed by atoms with Gasteiger partial charge in [0, 0.05) is 18.3 Å². The monoisotopic (exact) mass is 1110 g/mol. The minimum atomic E-state index is -1.81. The number of hydrogen-bond donors (Lipinski definition) is 1. The fraction of sp³-hybridized carbons (Fsp3) is 0.530. The Labute approximate surface area is 475 Å². The van der Waals surface area contributed by atoms with E-state index in [4.69, 9.17) is 33.2 Å². The molecule has 15 nitrogen and oxygen atoms in total. The highest BCUT2D eigenvalue weighted by Crippen LogP contribution is 2.69. The summed E-state index contributed by atoms with van der Waals surface area (Å²) in [5.41, 5.74) is -2.61. The van der Waals surface area contributed by atoms with Crippen LogP contribution in [0.15, 0.2) is 121 Å². The molecule has 0 unspecified atom stereocenters. The Morgan fingerprint density at radius 2 is 1.16 bits per heavy atom. The number of ether oxygens (including phenoxy) is 7. The van der Waals surface area contributed by atoms with Crippen LogP contribution in [0.4, 0.5) is 0 Å². The number of rotatable bonds is 18. The van der Waals surface area contributed by atoms with E-state index in [-0.39, 0.29) is 94.2 Å². The van der Waals surface area contributed by atoms with Gasteiger partial charge in [-0.2, -0.15) is 0 Å². The second kappa shape index (κ2) is 24.5. The highest BCUT2D eigenvalue weighted by molar-refractivity contribution is 5.97. The van der Waals surface area contributed by atoms with E-state index < -0.39 is 89.6 Å². The van der Waals surface area contributed by atoms with Gasteiger partial charge in [-0.05, 0) is 156 Å². The first-order valence-corrected chi connectivity index (χ1v) is 28.9. The maximum atomic E-state index is 14.3. The van der Waals surface area contributed by atoms with Crippen LogP contribution in [0, 0.1) is 51.8 Å². The molecule has 4 saturated carbocycles. The second-order valence-corrected chi connectivity index (χ2v) is 24.9. The molecule has 0 radical (unpaired) electrons. The molecule has 5 aliphatic rings. The van der Waals surface area contributed by atoms with Crippen molar-refractivity contribution in [1.29, 1.82) is 0 Å². The molecule has 0 aromatic heterocycles. The van der Waals surface area contributed by atoms with Crippen molar-refractivity contribution in [3.8, 4) is 0 Å². The van der Waals surface area contributed by atoms with Crippen LogP contribution in [0.1, 0.15) is 154 Å². The summed E-state index contributed by atoms with van der Waals surface area (Å²) in [6, 6.07) is 33.1. The van der Waals surface area contributed by atoms with Gasteiger partial charge in [0.15, 0.2) is 30.4 Å². The smallest absolute Gasteiger partial charge is 0.338 e. The van der Waals surface area contributed by atoms with E-state index in [1.807, 2.05) is 13.8 Å². The van der Waals surface area contributed by atoms with Crippen molar-refractivity contribution < 1.29 is 71.8 Å². The fourth-order valence-corrected chi connectivity index (χ4v) is 14.1. The largest absolute Gasteiger partial charge is 0.465 e. The van der Waals surface area contributed by atoms with E-state index in [2.05, 4.69) is 6.92 Å². The van der Waals surface area contributed by atoms with Crippen molar-refractivity contribution in [2.45, 2.75) is 155 Å². The molecule has 0 amide bonds. The van der Waals surface area contributed by atoms with Gasteiger partial charge in [-0.1, -0.05) is 100 Å². The summed E-state index contributed by atoms with van der Waals surface area (Å²) >= 11 is 0. The van der Waals surface area contributed by atoms with E-state index in [0.29, 0.717) is 25.7 Å². The first-order chi connectivity index (χ1) is 38.6. The second-order valence-electron chi connectivity index (χ2n) is 24.9. The molecule has 0 bridgehead atoms. The molecule has 15 atom stereocenters. The molecule has 432 valence electrons. The molecule has 5 fully saturated rings. The third-order valence-electron chi connectivity index (χ3n) is 18.9.